The molecule has 1 aromatic heterocycles. The van der Waals surface area contributed by atoms with Crippen LogP contribution in [0.3, 0.4) is 0 Å². The van der Waals surface area contributed by atoms with E-state index in [1.165, 1.54) is 13.8 Å². The number of benzene rings is 1. The Morgan fingerprint density at radius 1 is 1.00 bits per heavy atom. The first-order valence-electron chi connectivity index (χ1n) is 5.55. The molecule has 92 valence electrons. The van der Waals surface area contributed by atoms with Crippen molar-refractivity contribution in [1.29, 1.82) is 0 Å². The lowest BCUT2D eigenvalue weighted by molar-refractivity contribution is -0.114. The van der Waals surface area contributed by atoms with Gasteiger partial charge in [-0.15, -0.1) is 0 Å². The number of rotatable bonds is 3. The number of hydrogen-bond acceptors (Lipinski definition) is 3. The number of anilines is 1. The first-order valence-corrected chi connectivity index (χ1v) is 5.55. The van der Waals surface area contributed by atoms with Gasteiger partial charge in [-0.25, -0.2) is 0 Å². The van der Waals surface area contributed by atoms with Crippen LogP contribution in [0.4, 0.5) is 5.69 Å². The smallest absolute Gasteiger partial charge is 0.221 e. The molecule has 1 heterocycles. The normalized spacial score (nSPS) is 10.1. The zero-order valence-corrected chi connectivity index (χ0v) is 10.2. The molecule has 0 bridgehead atoms. The Morgan fingerprint density at radius 3 is 2.17 bits per heavy atom. The molecule has 0 aliphatic carbocycles. The number of carbonyl (C=O) groups excluding carboxylic acids is 2. The summed E-state index contributed by atoms with van der Waals surface area (Å²) >= 11 is 0. The van der Waals surface area contributed by atoms with Crippen molar-refractivity contribution in [1.82, 2.24) is 0 Å². The second-order valence-electron chi connectivity index (χ2n) is 3.98. The average molecular weight is 243 g/mol. The Kier molecular flexibility index (Phi) is 3.28. The van der Waals surface area contributed by atoms with E-state index in [1.54, 1.807) is 24.3 Å². The number of amides is 1. The number of furan rings is 1. The highest BCUT2D eigenvalue weighted by Gasteiger charge is 2.07. The van der Waals surface area contributed by atoms with Gasteiger partial charge in [0.1, 0.15) is 5.76 Å². The predicted octanol–water partition coefficient (Wildman–Crippen LogP) is 3.11. The predicted molar refractivity (Wildman–Crippen MR) is 68.5 cm³/mol. The maximum absolute atomic E-state index is 11.1. The van der Waals surface area contributed by atoms with Gasteiger partial charge in [0.15, 0.2) is 11.5 Å². The Labute approximate surface area is 105 Å². The molecular weight excluding hydrogens is 230 g/mol. The molecular formula is C14H13NO3. The van der Waals surface area contributed by atoms with Gasteiger partial charge in [0.05, 0.1) is 0 Å². The molecule has 0 saturated carbocycles. The van der Waals surface area contributed by atoms with Crippen LogP contribution in [-0.4, -0.2) is 11.7 Å². The van der Waals surface area contributed by atoms with Crippen LogP contribution in [0.15, 0.2) is 40.8 Å². The zero-order valence-electron chi connectivity index (χ0n) is 10.2. The van der Waals surface area contributed by atoms with Crippen molar-refractivity contribution in [2.24, 2.45) is 0 Å². The largest absolute Gasteiger partial charge is 0.453 e. The van der Waals surface area contributed by atoms with Crippen LogP contribution >= 0.6 is 0 Å². The van der Waals surface area contributed by atoms with Gasteiger partial charge < -0.3 is 9.73 Å². The van der Waals surface area contributed by atoms with E-state index < -0.39 is 0 Å². The Hall–Kier alpha value is -2.36. The highest BCUT2D eigenvalue weighted by Crippen LogP contribution is 2.23. The molecule has 18 heavy (non-hydrogen) atoms. The average Bonchev–Trinajstić information content (AvgIpc) is 2.78. The molecule has 0 atom stereocenters. The highest BCUT2D eigenvalue weighted by atomic mass is 16.3. The van der Waals surface area contributed by atoms with E-state index in [0.29, 0.717) is 11.5 Å². The molecule has 0 radical (unpaired) electrons. The van der Waals surface area contributed by atoms with E-state index in [1.807, 2.05) is 12.1 Å². The maximum Gasteiger partial charge on any atom is 0.221 e. The molecule has 0 fully saturated rings. The van der Waals surface area contributed by atoms with E-state index in [-0.39, 0.29) is 11.7 Å². The minimum absolute atomic E-state index is 0.101. The lowest BCUT2D eigenvalue weighted by atomic mass is 10.1. The molecule has 0 unspecified atom stereocenters. The molecule has 1 amide bonds. The van der Waals surface area contributed by atoms with Crippen molar-refractivity contribution in [3.63, 3.8) is 0 Å². The molecule has 2 rings (SSSR count). The van der Waals surface area contributed by atoms with Crippen LogP contribution in [0, 0.1) is 0 Å². The molecule has 0 aliphatic heterocycles. The van der Waals surface area contributed by atoms with Crippen LogP contribution in [0.1, 0.15) is 24.4 Å². The molecule has 0 saturated heterocycles. The molecule has 1 N–H and O–H groups in total. The highest BCUT2D eigenvalue weighted by molar-refractivity contribution is 5.92. The number of ketones is 1. The first kappa shape index (κ1) is 12.1. The summed E-state index contributed by atoms with van der Waals surface area (Å²) in [7, 11) is 0. The monoisotopic (exact) mass is 243 g/mol. The van der Waals surface area contributed by atoms with Crippen LogP contribution in [0.2, 0.25) is 0 Å². The third-order valence-corrected chi connectivity index (χ3v) is 2.44. The van der Waals surface area contributed by atoms with Gasteiger partial charge >= 0.3 is 0 Å². The molecule has 0 spiro atoms. The number of hydrogen-bond donors (Lipinski definition) is 1. The van der Waals surface area contributed by atoms with Crippen molar-refractivity contribution in [3.8, 4) is 11.3 Å². The number of nitrogens with one attached hydrogen (secondary N) is 1. The fraction of sp³-hybridized carbons (Fsp3) is 0.143. The minimum Gasteiger partial charge on any atom is -0.453 e. The second kappa shape index (κ2) is 4.87. The molecule has 0 aliphatic rings. The first-order chi connectivity index (χ1) is 8.56. The van der Waals surface area contributed by atoms with Crippen LogP contribution < -0.4 is 5.32 Å². The van der Waals surface area contributed by atoms with Gasteiger partial charge in [0.2, 0.25) is 5.91 Å². The van der Waals surface area contributed by atoms with E-state index in [0.717, 1.165) is 11.3 Å². The lowest BCUT2D eigenvalue weighted by Crippen LogP contribution is -2.05. The van der Waals surface area contributed by atoms with Gasteiger partial charge in [0.25, 0.3) is 0 Å². The number of carbonyl (C=O) groups is 2. The lowest BCUT2D eigenvalue weighted by Gasteiger charge is -2.02. The van der Waals surface area contributed by atoms with Gasteiger partial charge in [-0.3, -0.25) is 9.59 Å². The molecule has 2 aromatic rings. The van der Waals surface area contributed by atoms with Gasteiger partial charge in [-0.2, -0.15) is 0 Å². The summed E-state index contributed by atoms with van der Waals surface area (Å²) in [5.41, 5.74) is 1.58. The van der Waals surface area contributed by atoms with Crippen molar-refractivity contribution >= 4 is 17.4 Å². The second-order valence-corrected chi connectivity index (χ2v) is 3.98. The molecule has 4 nitrogen and oxygen atoms in total. The third kappa shape index (κ3) is 2.66. The van der Waals surface area contributed by atoms with Gasteiger partial charge in [0, 0.05) is 25.1 Å². The van der Waals surface area contributed by atoms with Crippen LogP contribution in [0.5, 0.6) is 0 Å². The van der Waals surface area contributed by atoms with Crippen molar-refractivity contribution in [3.05, 3.63) is 42.2 Å². The topological polar surface area (TPSA) is 59.3 Å². The van der Waals surface area contributed by atoms with Crippen molar-refractivity contribution < 1.29 is 14.0 Å². The van der Waals surface area contributed by atoms with E-state index in [9.17, 15) is 9.59 Å². The van der Waals surface area contributed by atoms with Crippen LogP contribution in [-0.2, 0) is 4.79 Å². The van der Waals surface area contributed by atoms with Crippen LogP contribution in [0.25, 0.3) is 11.3 Å². The van der Waals surface area contributed by atoms with E-state index in [2.05, 4.69) is 5.32 Å². The minimum atomic E-state index is -0.111. The third-order valence-electron chi connectivity index (χ3n) is 2.44. The molecule has 1 aromatic carbocycles. The fourth-order valence-corrected chi connectivity index (χ4v) is 1.60. The Balaban J connectivity index is 2.22. The summed E-state index contributed by atoms with van der Waals surface area (Å²) in [6.45, 7) is 2.92. The van der Waals surface area contributed by atoms with Gasteiger partial charge in [-0.1, -0.05) is 0 Å². The number of Topliss-reactive ketones (excluding diaryl/α,β-unsaturated/α-hetero) is 1. The molecule has 4 heteroatoms. The maximum atomic E-state index is 11.1. The van der Waals surface area contributed by atoms with Crippen molar-refractivity contribution in [2.75, 3.05) is 5.32 Å². The van der Waals surface area contributed by atoms with Crippen molar-refractivity contribution in [2.45, 2.75) is 13.8 Å². The quantitative estimate of drug-likeness (QED) is 0.842. The van der Waals surface area contributed by atoms with E-state index in [4.69, 9.17) is 4.42 Å². The summed E-state index contributed by atoms with van der Waals surface area (Å²) < 4.78 is 5.42. The summed E-state index contributed by atoms with van der Waals surface area (Å²) in [5, 5.41) is 2.68. The van der Waals surface area contributed by atoms with Gasteiger partial charge in [-0.05, 0) is 36.4 Å². The Bertz CT molecular complexity index is 581. The zero-order chi connectivity index (χ0) is 13.1. The fourth-order valence-electron chi connectivity index (χ4n) is 1.60. The summed E-state index contributed by atoms with van der Waals surface area (Å²) in [6, 6.07) is 10.6. The standard InChI is InChI=1S/C14H13NO3/c1-9(16)13-7-8-14(18-13)11-3-5-12(6-4-11)15-10(2)17/h3-8H,1-2H3,(H,15,17). The Morgan fingerprint density at radius 2 is 1.67 bits per heavy atom. The van der Waals surface area contributed by atoms with E-state index >= 15 is 0 Å². The summed E-state index contributed by atoms with van der Waals surface area (Å²) in [4.78, 5) is 22.0. The SMILES string of the molecule is CC(=O)Nc1ccc(-c2ccc(C(C)=O)o2)cc1. The summed E-state index contributed by atoms with van der Waals surface area (Å²) in [6.07, 6.45) is 0. The summed E-state index contributed by atoms with van der Waals surface area (Å²) in [5.74, 6) is 0.765.